The predicted octanol–water partition coefficient (Wildman–Crippen LogP) is 3.23. The molecule has 2 aromatic carbocycles. The average Bonchev–Trinajstić information content (AvgIpc) is 2.57. The van der Waals surface area contributed by atoms with E-state index in [0.717, 1.165) is 25.6 Å². The van der Waals surface area contributed by atoms with E-state index in [1.165, 1.54) is 27.8 Å². The van der Waals surface area contributed by atoms with Gasteiger partial charge in [0.25, 0.3) is 0 Å². The number of rotatable bonds is 6. The summed E-state index contributed by atoms with van der Waals surface area (Å²) in [6.45, 7) is 6.74. The lowest BCUT2D eigenvalue weighted by molar-refractivity contribution is 0.400. The van der Waals surface area contributed by atoms with Crippen molar-refractivity contribution in [2.45, 2.75) is 33.5 Å². The molecule has 0 aromatic heterocycles. The molecule has 134 valence electrons. The van der Waals surface area contributed by atoms with Crippen LogP contribution in [0, 0.1) is 13.8 Å². The van der Waals surface area contributed by atoms with E-state index in [2.05, 4.69) is 90.9 Å². The Bertz CT molecular complexity index is 720. The van der Waals surface area contributed by atoms with Gasteiger partial charge in [0, 0.05) is 26.7 Å². The summed E-state index contributed by atoms with van der Waals surface area (Å²) in [5.74, 6) is 0.819. The van der Waals surface area contributed by atoms with Crippen molar-refractivity contribution in [3.8, 4) is 0 Å². The van der Waals surface area contributed by atoms with Crippen molar-refractivity contribution in [3.63, 3.8) is 0 Å². The Labute approximate surface area is 152 Å². The fourth-order valence-corrected chi connectivity index (χ4v) is 2.85. The molecule has 0 aliphatic rings. The number of benzene rings is 2. The number of guanidine groups is 1. The summed E-state index contributed by atoms with van der Waals surface area (Å²) in [6, 6.07) is 15.1. The zero-order chi connectivity index (χ0) is 18.2. The molecule has 0 aliphatic carbocycles. The second-order valence-electron chi connectivity index (χ2n) is 6.72. The minimum atomic E-state index is 0.760. The maximum atomic E-state index is 4.34. The quantitative estimate of drug-likeness (QED) is 0.627. The Hall–Kier alpha value is -2.33. The van der Waals surface area contributed by atoms with Crippen molar-refractivity contribution in [3.05, 3.63) is 70.3 Å². The van der Waals surface area contributed by atoms with Crippen LogP contribution in [-0.2, 0) is 19.6 Å². The van der Waals surface area contributed by atoms with Gasteiger partial charge in [0.05, 0.1) is 0 Å². The summed E-state index contributed by atoms with van der Waals surface area (Å²) >= 11 is 0. The molecule has 0 heterocycles. The molecular formula is C21H30N4. The fourth-order valence-electron chi connectivity index (χ4n) is 2.85. The maximum absolute atomic E-state index is 4.34. The first-order chi connectivity index (χ1) is 12.0. The minimum absolute atomic E-state index is 0.760. The standard InChI is InChI=1S/C21H30N4/c1-16-10-11-18(17(2)12-16)13-23-21(22-3)24-14-19-8-6-7-9-20(19)15-25(4)5/h6-12H,13-15H2,1-5H3,(H2,22,23,24). The Morgan fingerprint density at radius 2 is 1.56 bits per heavy atom. The van der Waals surface area contributed by atoms with Crippen LogP contribution in [0.2, 0.25) is 0 Å². The number of hydrogen-bond acceptors (Lipinski definition) is 2. The van der Waals surface area contributed by atoms with E-state index < -0.39 is 0 Å². The molecule has 0 aliphatic heterocycles. The highest BCUT2D eigenvalue weighted by atomic mass is 15.2. The second kappa shape index (κ2) is 9.23. The smallest absolute Gasteiger partial charge is 0.191 e. The molecule has 0 unspecified atom stereocenters. The molecule has 2 rings (SSSR count). The van der Waals surface area contributed by atoms with Crippen LogP contribution in [0.25, 0.3) is 0 Å². The van der Waals surface area contributed by atoms with E-state index in [4.69, 9.17) is 0 Å². The van der Waals surface area contributed by atoms with Crippen molar-refractivity contribution < 1.29 is 0 Å². The van der Waals surface area contributed by atoms with Crippen LogP contribution in [-0.4, -0.2) is 32.0 Å². The van der Waals surface area contributed by atoms with E-state index >= 15 is 0 Å². The molecule has 2 aromatic rings. The van der Waals surface area contributed by atoms with Gasteiger partial charge in [-0.3, -0.25) is 4.99 Å². The van der Waals surface area contributed by atoms with Gasteiger partial charge in [0.15, 0.2) is 5.96 Å². The number of hydrogen-bond donors (Lipinski definition) is 2. The van der Waals surface area contributed by atoms with E-state index in [-0.39, 0.29) is 0 Å². The molecule has 4 heteroatoms. The molecule has 0 radical (unpaired) electrons. The summed E-state index contributed by atoms with van der Waals surface area (Å²) < 4.78 is 0. The minimum Gasteiger partial charge on any atom is -0.352 e. The van der Waals surface area contributed by atoms with Gasteiger partial charge in [0.1, 0.15) is 0 Å². The lowest BCUT2D eigenvalue weighted by Gasteiger charge is -2.17. The van der Waals surface area contributed by atoms with Crippen molar-refractivity contribution >= 4 is 5.96 Å². The van der Waals surface area contributed by atoms with Crippen LogP contribution < -0.4 is 10.6 Å². The Balaban J connectivity index is 1.95. The highest BCUT2D eigenvalue weighted by molar-refractivity contribution is 5.79. The normalized spacial score (nSPS) is 11.7. The molecule has 2 N–H and O–H groups in total. The third-order valence-electron chi connectivity index (χ3n) is 4.22. The fraction of sp³-hybridized carbons (Fsp3) is 0.381. The summed E-state index contributed by atoms with van der Waals surface area (Å²) in [5.41, 5.74) is 6.53. The molecule has 4 nitrogen and oxygen atoms in total. The molecule has 0 fully saturated rings. The van der Waals surface area contributed by atoms with Crippen molar-refractivity contribution in [1.29, 1.82) is 0 Å². The topological polar surface area (TPSA) is 39.7 Å². The second-order valence-corrected chi connectivity index (χ2v) is 6.72. The monoisotopic (exact) mass is 338 g/mol. The SMILES string of the molecule is CN=C(NCc1ccc(C)cc1C)NCc1ccccc1CN(C)C. The zero-order valence-electron chi connectivity index (χ0n) is 16.1. The van der Waals surface area contributed by atoms with Gasteiger partial charge in [-0.05, 0) is 50.2 Å². The predicted molar refractivity (Wildman–Crippen MR) is 107 cm³/mol. The summed E-state index contributed by atoms with van der Waals surface area (Å²) in [7, 11) is 5.99. The van der Waals surface area contributed by atoms with E-state index in [0.29, 0.717) is 0 Å². The molecule has 0 bridgehead atoms. The van der Waals surface area contributed by atoms with Crippen molar-refractivity contribution in [2.75, 3.05) is 21.1 Å². The molecular weight excluding hydrogens is 308 g/mol. The van der Waals surface area contributed by atoms with Gasteiger partial charge < -0.3 is 15.5 Å². The lowest BCUT2D eigenvalue weighted by Crippen LogP contribution is -2.36. The number of aryl methyl sites for hydroxylation is 2. The van der Waals surface area contributed by atoms with E-state index in [1.54, 1.807) is 0 Å². The zero-order valence-corrected chi connectivity index (χ0v) is 16.1. The van der Waals surface area contributed by atoms with Gasteiger partial charge in [-0.1, -0.05) is 48.0 Å². The van der Waals surface area contributed by atoms with Crippen molar-refractivity contribution in [2.24, 2.45) is 4.99 Å². The highest BCUT2D eigenvalue weighted by Crippen LogP contribution is 2.11. The molecule has 0 amide bonds. The summed E-state index contributed by atoms with van der Waals surface area (Å²) in [4.78, 5) is 6.53. The van der Waals surface area contributed by atoms with Gasteiger partial charge in [-0.25, -0.2) is 0 Å². The van der Waals surface area contributed by atoms with Crippen LogP contribution in [0.4, 0.5) is 0 Å². The van der Waals surface area contributed by atoms with Crippen LogP contribution in [0.3, 0.4) is 0 Å². The molecule has 0 spiro atoms. The van der Waals surface area contributed by atoms with Gasteiger partial charge in [-0.2, -0.15) is 0 Å². The third kappa shape index (κ3) is 5.91. The van der Waals surface area contributed by atoms with Crippen LogP contribution in [0.1, 0.15) is 27.8 Å². The van der Waals surface area contributed by atoms with Crippen molar-refractivity contribution in [1.82, 2.24) is 15.5 Å². The largest absolute Gasteiger partial charge is 0.352 e. The molecule has 0 saturated heterocycles. The highest BCUT2D eigenvalue weighted by Gasteiger charge is 2.05. The first-order valence-corrected chi connectivity index (χ1v) is 8.71. The first kappa shape index (κ1) is 19.0. The van der Waals surface area contributed by atoms with Crippen LogP contribution >= 0.6 is 0 Å². The molecule has 0 saturated carbocycles. The van der Waals surface area contributed by atoms with Gasteiger partial charge >= 0.3 is 0 Å². The third-order valence-corrected chi connectivity index (χ3v) is 4.22. The first-order valence-electron chi connectivity index (χ1n) is 8.71. The Morgan fingerprint density at radius 3 is 2.16 bits per heavy atom. The van der Waals surface area contributed by atoms with E-state index in [9.17, 15) is 0 Å². The Kier molecular flexibility index (Phi) is 7.02. The Morgan fingerprint density at radius 1 is 0.920 bits per heavy atom. The average molecular weight is 338 g/mol. The van der Waals surface area contributed by atoms with E-state index in [1.807, 2.05) is 7.05 Å². The molecule has 0 atom stereocenters. The number of aliphatic imine (C=N–C) groups is 1. The van der Waals surface area contributed by atoms with Gasteiger partial charge in [-0.15, -0.1) is 0 Å². The van der Waals surface area contributed by atoms with Crippen LogP contribution in [0.15, 0.2) is 47.5 Å². The lowest BCUT2D eigenvalue weighted by atomic mass is 10.1. The molecule has 25 heavy (non-hydrogen) atoms. The summed E-state index contributed by atoms with van der Waals surface area (Å²) in [5, 5.41) is 6.83. The number of nitrogens with zero attached hydrogens (tertiary/aromatic N) is 2. The van der Waals surface area contributed by atoms with Gasteiger partial charge in [0.2, 0.25) is 0 Å². The van der Waals surface area contributed by atoms with Crippen LogP contribution in [0.5, 0.6) is 0 Å². The number of nitrogens with one attached hydrogen (secondary N) is 2. The maximum Gasteiger partial charge on any atom is 0.191 e. The summed E-state index contributed by atoms with van der Waals surface area (Å²) in [6.07, 6.45) is 0.